The lowest BCUT2D eigenvalue weighted by Crippen LogP contribution is -2.18. The number of amides is 1. The van der Waals surface area contributed by atoms with Crippen LogP contribution in [0.4, 0.5) is 0 Å². The van der Waals surface area contributed by atoms with Gasteiger partial charge >= 0.3 is 0 Å². The molecule has 0 aliphatic rings. The van der Waals surface area contributed by atoms with Crippen LogP contribution in [0, 0.1) is 6.92 Å². The minimum Gasteiger partial charge on any atom is -0.507 e. The molecule has 0 spiro atoms. The van der Waals surface area contributed by atoms with Crippen LogP contribution < -0.4 is 5.32 Å². The van der Waals surface area contributed by atoms with Gasteiger partial charge in [0.2, 0.25) is 0 Å². The van der Waals surface area contributed by atoms with E-state index in [-0.39, 0.29) is 5.91 Å². The summed E-state index contributed by atoms with van der Waals surface area (Å²) in [7, 11) is 1.59. The second kappa shape index (κ2) is 4.13. The molecule has 0 aliphatic heterocycles. The number of carbonyl (C=O) groups excluding carboxylic acids is 1. The number of benzene rings is 1. The number of phenols is 1. The average Bonchev–Trinajstić information content (AvgIpc) is 2.20. The van der Waals surface area contributed by atoms with Crippen molar-refractivity contribution in [2.24, 2.45) is 0 Å². The topological polar surface area (TPSA) is 49.3 Å². The van der Waals surface area contributed by atoms with Crippen LogP contribution in [0.15, 0.2) is 12.1 Å². The fraction of sp³-hybridized carbons (Fsp3) is 0.364. The van der Waals surface area contributed by atoms with Crippen LogP contribution in [0.1, 0.15) is 28.4 Å². The van der Waals surface area contributed by atoms with Crippen molar-refractivity contribution in [1.29, 1.82) is 0 Å². The molecule has 2 N–H and O–H groups in total. The Labute approximate surface area is 83.8 Å². The molecule has 1 aromatic rings. The van der Waals surface area contributed by atoms with Gasteiger partial charge in [-0.3, -0.25) is 4.79 Å². The first-order valence-electron chi connectivity index (χ1n) is 4.64. The van der Waals surface area contributed by atoms with Gasteiger partial charge in [-0.15, -0.1) is 0 Å². The Hall–Kier alpha value is -1.51. The number of nitrogens with one attached hydrogen (secondary N) is 1. The minimum absolute atomic E-state index is 0.122. The second-order valence-corrected chi connectivity index (χ2v) is 3.23. The van der Waals surface area contributed by atoms with Crippen molar-refractivity contribution in [3.63, 3.8) is 0 Å². The van der Waals surface area contributed by atoms with Gasteiger partial charge in [-0.05, 0) is 36.6 Å². The van der Waals surface area contributed by atoms with E-state index in [1.807, 2.05) is 6.92 Å². The van der Waals surface area contributed by atoms with E-state index < -0.39 is 0 Å². The van der Waals surface area contributed by atoms with Crippen molar-refractivity contribution in [2.45, 2.75) is 20.3 Å². The number of rotatable bonds is 2. The largest absolute Gasteiger partial charge is 0.507 e. The summed E-state index contributed by atoms with van der Waals surface area (Å²) in [5.74, 6) is 0.169. The summed E-state index contributed by atoms with van der Waals surface area (Å²) < 4.78 is 0. The van der Waals surface area contributed by atoms with Crippen molar-refractivity contribution in [3.05, 3.63) is 28.8 Å². The molecular formula is C11H15NO2. The first-order valence-corrected chi connectivity index (χ1v) is 4.64. The number of hydrogen-bond donors (Lipinski definition) is 2. The molecule has 76 valence electrons. The molecule has 0 aromatic heterocycles. The maximum atomic E-state index is 11.4. The fourth-order valence-electron chi connectivity index (χ4n) is 1.40. The van der Waals surface area contributed by atoms with Crippen LogP contribution in [-0.2, 0) is 6.42 Å². The zero-order valence-corrected chi connectivity index (χ0v) is 8.72. The van der Waals surface area contributed by atoms with E-state index in [0.717, 1.165) is 17.5 Å². The second-order valence-electron chi connectivity index (χ2n) is 3.23. The van der Waals surface area contributed by atoms with Gasteiger partial charge in [0.05, 0.1) is 0 Å². The third-order valence-corrected chi connectivity index (χ3v) is 2.25. The van der Waals surface area contributed by atoms with E-state index in [1.54, 1.807) is 26.1 Å². The quantitative estimate of drug-likeness (QED) is 0.749. The van der Waals surface area contributed by atoms with E-state index in [2.05, 4.69) is 5.32 Å². The molecule has 0 heterocycles. The molecule has 0 unspecified atom stereocenters. The number of carbonyl (C=O) groups is 1. The minimum atomic E-state index is -0.122. The molecule has 0 saturated heterocycles. The van der Waals surface area contributed by atoms with Gasteiger partial charge in [-0.1, -0.05) is 6.92 Å². The summed E-state index contributed by atoms with van der Waals surface area (Å²) in [6.07, 6.45) is 0.720. The molecule has 14 heavy (non-hydrogen) atoms. The molecule has 1 aromatic carbocycles. The van der Waals surface area contributed by atoms with E-state index >= 15 is 0 Å². The first kappa shape index (κ1) is 10.6. The maximum absolute atomic E-state index is 11.4. The van der Waals surface area contributed by atoms with Crippen LogP contribution in [0.25, 0.3) is 0 Å². The van der Waals surface area contributed by atoms with Gasteiger partial charge in [0.25, 0.3) is 5.91 Å². The zero-order chi connectivity index (χ0) is 10.7. The molecule has 1 rings (SSSR count). The van der Waals surface area contributed by atoms with Gasteiger partial charge in [-0.25, -0.2) is 0 Å². The Morgan fingerprint density at radius 1 is 1.50 bits per heavy atom. The average molecular weight is 193 g/mol. The van der Waals surface area contributed by atoms with Crippen LogP contribution in [0.5, 0.6) is 5.75 Å². The van der Waals surface area contributed by atoms with E-state index in [1.165, 1.54) is 0 Å². The summed E-state index contributed by atoms with van der Waals surface area (Å²) >= 11 is 0. The molecule has 0 radical (unpaired) electrons. The molecule has 3 heteroatoms. The fourth-order valence-corrected chi connectivity index (χ4v) is 1.40. The normalized spacial score (nSPS) is 9.93. The summed E-state index contributed by atoms with van der Waals surface area (Å²) in [5, 5.41) is 12.2. The predicted molar refractivity (Wildman–Crippen MR) is 55.6 cm³/mol. The van der Waals surface area contributed by atoms with Gasteiger partial charge in [0, 0.05) is 12.6 Å². The highest BCUT2D eigenvalue weighted by Gasteiger charge is 2.09. The summed E-state index contributed by atoms with van der Waals surface area (Å²) in [6.45, 7) is 3.74. The van der Waals surface area contributed by atoms with Crippen LogP contribution >= 0.6 is 0 Å². The standard InChI is InChI=1S/C11H15NO2/c1-4-8-6-9(11(14)12-3)5-7(2)10(8)13/h5-6,13H,4H2,1-3H3,(H,12,14). The van der Waals surface area contributed by atoms with E-state index in [0.29, 0.717) is 11.3 Å². The van der Waals surface area contributed by atoms with Gasteiger partial charge in [-0.2, -0.15) is 0 Å². The molecule has 0 fully saturated rings. The molecule has 0 saturated carbocycles. The van der Waals surface area contributed by atoms with Crippen LogP contribution in [0.3, 0.4) is 0 Å². The number of aromatic hydroxyl groups is 1. The van der Waals surface area contributed by atoms with E-state index in [4.69, 9.17) is 0 Å². The first-order chi connectivity index (χ1) is 6.60. The van der Waals surface area contributed by atoms with Crippen molar-refractivity contribution < 1.29 is 9.90 Å². The van der Waals surface area contributed by atoms with Crippen molar-refractivity contribution in [1.82, 2.24) is 5.32 Å². The van der Waals surface area contributed by atoms with Crippen LogP contribution in [-0.4, -0.2) is 18.1 Å². The number of phenolic OH excluding ortho intramolecular Hbond substituents is 1. The van der Waals surface area contributed by atoms with Crippen molar-refractivity contribution in [2.75, 3.05) is 7.05 Å². The molecule has 0 aliphatic carbocycles. The summed E-state index contributed by atoms with van der Waals surface area (Å²) in [4.78, 5) is 11.4. The Bertz CT molecular complexity index is 359. The molecule has 1 amide bonds. The van der Waals surface area contributed by atoms with Crippen molar-refractivity contribution in [3.8, 4) is 5.75 Å². The SMILES string of the molecule is CCc1cc(C(=O)NC)cc(C)c1O. The van der Waals surface area contributed by atoms with Gasteiger partial charge in [0.1, 0.15) is 5.75 Å². The monoisotopic (exact) mass is 193 g/mol. The zero-order valence-electron chi connectivity index (χ0n) is 8.72. The third-order valence-electron chi connectivity index (χ3n) is 2.25. The predicted octanol–water partition coefficient (Wildman–Crippen LogP) is 1.62. The maximum Gasteiger partial charge on any atom is 0.251 e. The molecule has 0 bridgehead atoms. The molecule has 3 nitrogen and oxygen atoms in total. The molecule has 0 atom stereocenters. The number of hydrogen-bond acceptors (Lipinski definition) is 2. The number of aryl methyl sites for hydroxylation is 2. The lowest BCUT2D eigenvalue weighted by Gasteiger charge is -2.08. The lowest BCUT2D eigenvalue weighted by molar-refractivity contribution is 0.0963. The summed E-state index contributed by atoms with van der Waals surface area (Å²) in [5.41, 5.74) is 2.14. The lowest BCUT2D eigenvalue weighted by atomic mass is 10.0. The van der Waals surface area contributed by atoms with E-state index in [9.17, 15) is 9.90 Å². The van der Waals surface area contributed by atoms with Gasteiger partial charge < -0.3 is 10.4 Å². The summed E-state index contributed by atoms with van der Waals surface area (Å²) in [6, 6.07) is 3.41. The highest BCUT2D eigenvalue weighted by molar-refractivity contribution is 5.94. The van der Waals surface area contributed by atoms with Crippen molar-refractivity contribution >= 4 is 5.91 Å². The molecular weight excluding hydrogens is 178 g/mol. The Balaban J connectivity index is 3.22. The smallest absolute Gasteiger partial charge is 0.251 e. The van der Waals surface area contributed by atoms with Gasteiger partial charge in [0.15, 0.2) is 0 Å². The Morgan fingerprint density at radius 3 is 2.64 bits per heavy atom. The highest BCUT2D eigenvalue weighted by atomic mass is 16.3. The van der Waals surface area contributed by atoms with Crippen LogP contribution in [0.2, 0.25) is 0 Å². The third kappa shape index (κ3) is 1.87. The Kier molecular flexibility index (Phi) is 3.12. The highest BCUT2D eigenvalue weighted by Crippen LogP contribution is 2.24. The Morgan fingerprint density at radius 2 is 2.14 bits per heavy atom.